The third-order valence-corrected chi connectivity index (χ3v) is 6.81. The van der Waals surface area contributed by atoms with Crippen molar-refractivity contribution < 1.29 is 23.9 Å². The Kier molecular flexibility index (Phi) is 6.74. The Hall–Kier alpha value is -2.94. The van der Waals surface area contributed by atoms with Gasteiger partial charge in [-0.05, 0) is 57.0 Å². The van der Waals surface area contributed by atoms with Gasteiger partial charge in [0, 0.05) is 43.6 Å². The van der Waals surface area contributed by atoms with Crippen LogP contribution in [0, 0.1) is 5.92 Å². The number of ether oxygens (including phenoxy) is 1. The monoisotopic (exact) mass is 442 g/mol. The number of rotatable bonds is 5. The van der Waals surface area contributed by atoms with Gasteiger partial charge in [0.15, 0.2) is 0 Å². The van der Waals surface area contributed by atoms with Gasteiger partial charge < -0.3 is 19.3 Å². The average Bonchev–Trinajstić information content (AvgIpc) is 2.83. The fourth-order valence-corrected chi connectivity index (χ4v) is 4.87. The minimum Gasteiger partial charge on any atom is -0.495 e. The molecule has 0 saturated carbocycles. The van der Waals surface area contributed by atoms with Crippen molar-refractivity contribution in [2.75, 3.05) is 44.7 Å². The van der Waals surface area contributed by atoms with E-state index in [2.05, 4.69) is 10.2 Å². The maximum absolute atomic E-state index is 13.2. The van der Waals surface area contributed by atoms with Crippen molar-refractivity contribution in [3.8, 4) is 5.75 Å². The number of amides is 4. The van der Waals surface area contributed by atoms with Crippen LogP contribution in [0.3, 0.4) is 0 Å². The molecule has 0 atom stereocenters. The number of hydrogen-bond donors (Lipinski definition) is 1. The first kappa shape index (κ1) is 22.3. The minimum atomic E-state index is -0.511. The van der Waals surface area contributed by atoms with Crippen LogP contribution < -0.4 is 15.0 Å². The third-order valence-electron chi connectivity index (χ3n) is 6.81. The van der Waals surface area contributed by atoms with E-state index >= 15 is 0 Å². The van der Waals surface area contributed by atoms with Crippen molar-refractivity contribution in [2.45, 2.75) is 38.1 Å². The summed E-state index contributed by atoms with van der Waals surface area (Å²) in [6, 6.07) is 5.02. The molecule has 32 heavy (non-hydrogen) atoms. The summed E-state index contributed by atoms with van der Waals surface area (Å²) in [5, 5.41) is 2.31. The summed E-state index contributed by atoms with van der Waals surface area (Å²) >= 11 is 0. The Labute approximate surface area is 187 Å². The lowest BCUT2D eigenvalue weighted by Crippen LogP contribution is -2.50. The molecule has 0 aromatic heterocycles. The van der Waals surface area contributed by atoms with Crippen molar-refractivity contribution >= 4 is 29.8 Å². The van der Waals surface area contributed by atoms with Gasteiger partial charge in [0.25, 0.3) is 5.91 Å². The lowest BCUT2D eigenvalue weighted by atomic mass is 9.94. The maximum Gasteiger partial charge on any atom is 0.328 e. The van der Waals surface area contributed by atoms with Gasteiger partial charge in [-0.25, -0.2) is 4.79 Å². The van der Waals surface area contributed by atoms with Gasteiger partial charge in [-0.2, -0.15) is 0 Å². The molecule has 1 aromatic rings. The number of carbonyl (C=O) groups excluding carboxylic acids is 4. The predicted octanol–water partition coefficient (Wildman–Crippen LogP) is 1.66. The Bertz CT molecular complexity index is 888. The Morgan fingerprint density at radius 1 is 1.06 bits per heavy atom. The van der Waals surface area contributed by atoms with Crippen LogP contribution in [0.4, 0.5) is 10.5 Å². The highest BCUT2D eigenvalue weighted by molar-refractivity contribution is 6.07. The number of methoxy groups -OCH3 is 1. The van der Waals surface area contributed by atoms with Crippen LogP contribution in [0.25, 0.3) is 0 Å². The zero-order chi connectivity index (χ0) is 22.7. The molecule has 1 N–H and O–H groups in total. The number of nitrogens with zero attached hydrogens (tertiary/aromatic N) is 3. The lowest BCUT2D eigenvalue weighted by molar-refractivity contribution is -0.120. The summed E-state index contributed by atoms with van der Waals surface area (Å²) in [5.41, 5.74) is 0.979. The van der Waals surface area contributed by atoms with Crippen molar-refractivity contribution in [2.24, 2.45) is 5.92 Å². The van der Waals surface area contributed by atoms with Gasteiger partial charge in [-0.1, -0.05) is 0 Å². The maximum atomic E-state index is 13.2. The first-order valence-corrected chi connectivity index (χ1v) is 11.3. The largest absolute Gasteiger partial charge is 0.495 e. The van der Waals surface area contributed by atoms with E-state index < -0.39 is 6.03 Å². The molecule has 4 amide bonds. The molecule has 9 heteroatoms. The van der Waals surface area contributed by atoms with Gasteiger partial charge in [0.2, 0.25) is 5.91 Å². The van der Waals surface area contributed by atoms with Gasteiger partial charge in [-0.15, -0.1) is 0 Å². The van der Waals surface area contributed by atoms with Crippen molar-refractivity contribution in [1.82, 2.24) is 15.1 Å². The number of aldehydes is 1. The number of urea groups is 1. The highest BCUT2D eigenvalue weighted by Gasteiger charge is 2.31. The molecule has 0 unspecified atom stereocenters. The van der Waals surface area contributed by atoms with Crippen LogP contribution in [0.15, 0.2) is 18.2 Å². The summed E-state index contributed by atoms with van der Waals surface area (Å²) in [5.74, 6) is 0.289. The van der Waals surface area contributed by atoms with E-state index in [0.717, 1.165) is 45.1 Å². The van der Waals surface area contributed by atoms with Gasteiger partial charge in [0.1, 0.15) is 12.0 Å². The van der Waals surface area contributed by atoms with E-state index in [4.69, 9.17) is 4.74 Å². The van der Waals surface area contributed by atoms with Gasteiger partial charge in [-0.3, -0.25) is 19.8 Å². The molecule has 3 saturated heterocycles. The number of nitrogens with one attached hydrogen (secondary N) is 1. The molecule has 1 aromatic carbocycles. The molecule has 3 fully saturated rings. The molecular weight excluding hydrogens is 412 g/mol. The number of carbonyl (C=O) groups is 4. The topological polar surface area (TPSA) is 99.3 Å². The van der Waals surface area contributed by atoms with E-state index in [-0.39, 0.29) is 30.7 Å². The first-order valence-electron chi connectivity index (χ1n) is 11.3. The van der Waals surface area contributed by atoms with E-state index in [1.54, 1.807) is 18.2 Å². The van der Waals surface area contributed by atoms with Crippen molar-refractivity contribution in [3.63, 3.8) is 0 Å². The summed E-state index contributed by atoms with van der Waals surface area (Å²) in [6.07, 6.45) is 4.95. The molecule has 0 aliphatic carbocycles. The standard InChI is InChI=1S/C23H30N4O5/c1-32-20-3-2-17(14-19(20)27-13-8-21(29)24-23(27)31)22(30)26-11-6-18(7-12-26)25-9-4-16(15-28)5-10-25/h2-3,14-16,18H,4-13H2,1H3,(H,24,29,31). The Morgan fingerprint density at radius 3 is 2.41 bits per heavy atom. The number of benzene rings is 1. The van der Waals surface area contributed by atoms with Gasteiger partial charge >= 0.3 is 6.03 Å². The fraction of sp³-hybridized carbons (Fsp3) is 0.565. The SMILES string of the molecule is COc1ccc(C(=O)N2CCC(N3CCC(C=O)CC3)CC2)cc1N1CCC(=O)NC1=O. The van der Waals surface area contributed by atoms with Crippen molar-refractivity contribution in [1.29, 1.82) is 0 Å². The molecule has 3 aliphatic rings. The number of hydrogen-bond acceptors (Lipinski definition) is 6. The quantitative estimate of drug-likeness (QED) is 0.697. The smallest absolute Gasteiger partial charge is 0.328 e. The minimum absolute atomic E-state index is 0.0690. The average molecular weight is 443 g/mol. The molecule has 4 rings (SSSR count). The first-order chi connectivity index (χ1) is 15.5. The van der Waals surface area contributed by atoms with E-state index in [9.17, 15) is 19.2 Å². The summed E-state index contributed by atoms with van der Waals surface area (Å²) in [6.45, 7) is 3.49. The van der Waals surface area contributed by atoms with Crippen molar-refractivity contribution in [3.05, 3.63) is 23.8 Å². The van der Waals surface area contributed by atoms with E-state index in [1.807, 2.05) is 4.90 Å². The fourth-order valence-electron chi connectivity index (χ4n) is 4.87. The molecule has 0 spiro atoms. The molecule has 172 valence electrons. The van der Waals surface area contributed by atoms with Gasteiger partial charge in [0.05, 0.1) is 12.8 Å². The number of anilines is 1. The lowest BCUT2D eigenvalue weighted by Gasteiger charge is -2.41. The summed E-state index contributed by atoms with van der Waals surface area (Å²) < 4.78 is 5.39. The second kappa shape index (κ2) is 9.68. The second-order valence-electron chi connectivity index (χ2n) is 8.67. The second-order valence-corrected chi connectivity index (χ2v) is 8.67. The van der Waals surface area contributed by atoms with Crippen LogP contribution in [-0.2, 0) is 9.59 Å². The predicted molar refractivity (Wildman–Crippen MR) is 118 cm³/mol. The van der Waals surface area contributed by atoms with Crippen LogP contribution in [0.1, 0.15) is 42.5 Å². The molecule has 3 heterocycles. The molecule has 0 radical (unpaired) electrons. The zero-order valence-electron chi connectivity index (χ0n) is 18.4. The zero-order valence-corrected chi connectivity index (χ0v) is 18.4. The van der Waals surface area contributed by atoms with E-state index in [0.29, 0.717) is 36.1 Å². The summed E-state index contributed by atoms with van der Waals surface area (Å²) in [7, 11) is 1.51. The summed E-state index contributed by atoms with van der Waals surface area (Å²) in [4.78, 5) is 53.7. The molecule has 0 bridgehead atoms. The Morgan fingerprint density at radius 2 is 1.78 bits per heavy atom. The normalized spacial score (nSPS) is 21.4. The van der Waals surface area contributed by atoms with Crippen LogP contribution >= 0.6 is 0 Å². The third kappa shape index (κ3) is 4.62. The molecule has 3 aliphatic heterocycles. The van der Waals surface area contributed by atoms with Crippen LogP contribution in [-0.4, -0.2) is 79.8 Å². The molecule has 9 nitrogen and oxygen atoms in total. The van der Waals surface area contributed by atoms with Crippen LogP contribution in [0.2, 0.25) is 0 Å². The van der Waals surface area contributed by atoms with Crippen LogP contribution in [0.5, 0.6) is 5.75 Å². The number of likely N-dealkylation sites (tertiary alicyclic amines) is 2. The molecular formula is C23H30N4O5. The number of piperidine rings is 2. The highest BCUT2D eigenvalue weighted by Crippen LogP contribution is 2.32. The Balaban J connectivity index is 1.41. The highest BCUT2D eigenvalue weighted by atomic mass is 16.5. The van der Waals surface area contributed by atoms with E-state index in [1.165, 1.54) is 12.0 Å². The number of imide groups is 1.